The Balaban J connectivity index is 2.68. The first kappa shape index (κ1) is 11.0. The van der Waals surface area contributed by atoms with Gasteiger partial charge < -0.3 is 15.7 Å². The summed E-state index contributed by atoms with van der Waals surface area (Å²) in [7, 11) is 0. The van der Waals surface area contributed by atoms with E-state index in [1.165, 1.54) is 4.90 Å². The summed E-state index contributed by atoms with van der Waals surface area (Å²) in [5.41, 5.74) is 5.45. The summed E-state index contributed by atoms with van der Waals surface area (Å²) in [4.78, 5) is 23.7. The van der Waals surface area contributed by atoms with Gasteiger partial charge in [0.1, 0.15) is 6.04 Å². The van der Waals surface area contributed by atoms with E-state index in [9.17, 15) is 9.59 Å². The zero-order valence-corrected chi connectivity index (χ0v) is 8.27. The topological polar surface area (TPSA) is 83.6 Å². The number of carbonyl (C=O) groups excluding carboxylic acids is 1. The highest BCUT2D eigenvalue weighted by Crippen LogP contribution is 2.20. The second kappa shape index (κ2) is 4.41. The van der Waals surface area contributed by atoms with Crippen molar-refractivity contribution < 1.29 is 14.7 Å². The molecule has 0 aromatic rings. The van der Waals surface area contributed by atoms with Gasteiger partial charge in [0.2, 0.25) is 5.91 Å². The van der Waals surface area contributed by atoms with Crippen molar-refractivity contribution >= 4 is 11.9 Å². The molecule has 5 nitrogen and oxygen atoms in total. The molecule has 0 bridgehead atoms. The Morgan fingerprint density at radius 3 is 2.79 bits per heavy atom. The van der Waals surface area contributed by atoms with E-state index >= 15 is 0 Å². The molecule has 14 heavy (non-hydrogen) atoms. The summed E-state index contributed by atoms with van der Waals surface area (Å²) in [6.45, 7) is 2.69. The van der Waals surface area contributed by atoms with Crippen molar-refractivity contribution in [3.8, 4) is 0 Å². The number of rotatable bonds is 4. The van der Waals surface area contributed by atoms with Crippen molar-refractivity contribution in [1.82, 2.24) is 4.90 Å². The van der Waals surface area contributed by atoms with Gasteiger partial charge in [-0.15, -0.1) is 0 Å². The van der Waals surface area contributed by atoms with Gasteiger partial charge in [-0.1, -0.05) is 6.92 Å². The lowest BCUT2D eigenvalue weighted by atomic mass is 10.1. The Labute approximate surface area is 82.9 Å². The van der Waals surface area contributed by atoms with E-state index < -0.39 is 12.0 Å². The predicted molar refractivity (Wildman–Crippen MR) is 50.6 cm³/mol. The molecule has 0 aromatic heterocycles. The molecule has 1 unspecified atom stereocenters. The van der Waals surface area contributed by atoms with Crippen LogP contribution in [0.3, 0.4) is 0 Å². The number of nitrogens with zero attached hydrogens (tertiary/aromatic N) is 1. The van der Waals surface area contributed by atoms with Crippen LogP contribution >= 0.6 is 0 Å². The minimum Gasteiger partial charge on any atom is -0.480 e. The van der Waals surface area contributed by atoms with Crippen molar-refractivity contribution in [3.63, 3.8) is 0 Å². The van der Waals surface area contributed by atoms with Gasteiger partial charge in [-0.25, -0.2) is 4.79 Å². The van der Waals surface area contributed by atoms with E-state index in [2.05, 4.69) is 0 Å². The summed E-state index contributed by atoms with van der Waals surface area (Å²) in [5, 5.41) is 8.89. The lowest BCUT2D eigenvalue weighted by Gasteiger charge is -2.23. The van der Waals surface area contributed by atoms with Crippen LogP contribution < -0.4 is 5.73 Å². The molecule has 1 aliphatic rings. The average Bonchev–Trinajstić information content (AvgIpc) is 2.48. The highest BCUT2D eigenvalue weighted by atomic mass is 16.4. The normalized spacial score (nSPS) is 24.0. The monoisotopic (exact) mass is 200 g/mol. The molecule has 1 amide bonds. The minimum atomic E-state index is -0.932. The Bertz CT molecular complexity index is 242. The number of amides is 1. The van der Waals surface area contributed by atoms with E-state index in [0.29, 0.717) is 25.9 Å². The Morgan fingerprint density at radius 2 is 2.43 bits per heavy atom. The van der Waals surface area contributed by atoms with Crippen LogP contribution in [0.25, 0.3) is 0 Å². The maximum Gasteiger partial charge on any atom is 0.326 e. The first-order valence-electron chi connectivity index (χ1n) is 4.82. The standard InChI is InChI=1S/C9H16N2O3/c1-2-7(9(13)14)11-5-6(4-10)3-8(11)12/h6-7H,2-5,10H2,1H3,(H,13,14)/t6?,7-/m1/s1. The number of carboxylic acids is 1. The molecule has 1 aliphatic heterocycles. The van der Waals surface area contributed by atoms with Crippen LogP contribution in [-0.4, -0.2) is 41.0 Å². The molecular formula is C9H16N2O3. The van der Waals surface area contributed by atoms with Crippen LogP contribution in [0.4, 0.5) is 0 Å². The van der Waals surface area contributed by atoms with E-state index in [0.717, 1.165) is 0 Å². The van der Waals surface area contributed by atoms with Gasteiger partial charge in [0.15, 0.2) is 0 Å². The van der Waals surface area contributed by atoms with Gasteiger partial charge in [-0.3, -0.25) is 4.79 Å². The van der Waals surface area contributed by atoms with E-state index in [1.807, 2.05) is 0 Å². The van der Waals surface area contributed by atoms with E-state index in [-0.39, 0.29) is 11.8 Å². The maximum absolute atomic E-state index is 11.5. The molecular weight excluding hydrogens is 184 g/mol. The number of carboxylic acid groups (broad SMARTS) is 1. The molecule has 0 saturated carbocycles. The lowest BCUT2D eigenvalue weighted by Crippen LogP contribution is -2.42. The smallest absolute Gasteiger partial charge is 0.326 e. The Kier molecular flexibility index (Phi) is 3.46. The fraction of sp³-hybridized carbons (Fsp3) is 0.778. The van der Waals surface area contributed by atoms with Gasteiger partial charge in [0, 0.05) is 13.0 Å². The minimum absolute atomic E-state index is 0.0882. The third kappa shape index (κ3) is 2.04. The molecule has 0 spiro atoms. The molecule has 1 fully saturated rings. The first-order valence-corrected chi connectivity index (χ1v) is 4.82. The van der Waals surface area contributed by atoms with Crippen LogP contribution in [0.15, 0.2) is 0 Å². The average molecular weight is 200 g/mol. The Morgan fingerprint density at radius 1 is 1.79 bits per heavy atom. The van der Waals surface area contributed by atoms with Crippen LogP contribution in [0.2, 0.25) is 0 Å². The molecule has 0 aliphatic carbocycles. The van der Waals surface area contributed by atoms with Crippen LogP contribution in [0.1, 0.15) is 19.8 Å². The summed E-state index contributed by atoms with van der Waals surface area (Å²) in [5.74, 6) is -0.899. The van der Waals surface area contributed by atoms with Gasteiger partial charge in [-0.2, -0.15) is 0 Å². The summed E-state index contributed by atoms with van der Waals surface area (Å²) in [6, 6.07) is -0.681. The first-order chi connectivity index (χ1) is 6.60. The van der Waals surface area contributed by atoms with Crippen LogP contribution in [-0.2, 0) is 9.59 Å². The lowest BCUT2D eigenvalue weighted by molar-refractivity contribution is -0.148. The predicted octanol–water partition coefficient (Wildman–Crippen LogP) is -0.343. The van der Waals surface area contributed by atoms with Crippen LogP contribution in [0.5, 0.6) is 0 Å². The molecule has 1 rings (SSSR count). The third-order valence-corrected chi connectivity index (χ3v) is 2.62. The molecule has 2 atom stereocenters. The van der Waals surface area contributed by atoms with Gasteiger partial charge in [0.25, 0.3) is 0 Å². The number of nitrogens with two attached hydrogens (primary N) is 1. The molecule has 3 N–H and O–H groups in total. The van der Waals surface area contributed by atoms with Crippen LogP contribution in [0, 0.1) is 5.92 Å². The zero-order valence-electron chi connectivity index (χ0n) is 8.27. The van der Waals surface area contributed by atoms with Gasteiger partial charge >= 0.3 is 5.97 Å². The SMILES string of the molecule is CC[C@H](C(=O)O)N1CC(CN)CC1=O. The van der Waals surface area contributed by atoms with Gasteiger partial charge in [0.05, 0.1) is 0 Å². The summed E-state index contributed by atoms with van der Waals surface area (Å²) < 4.78 is 0. The fourth-order valence-corrected chi connectivity index (χ4v) is 1.80. The number of carbonyl (C=O) groups is 2. The highest BCUT2D eigenvalue weighted by molar-refractivity contribution is 5.85. The second-order valence-corrected chi connectivity index (χ2v) is 3.61. The van der Waals surface area contributed by atoms with Crippen molar-refractivity contribution in [2.45, 2.75) is 25.8 Å². The van der Waals surface area contributed by atoms with E-state index in [4.69, 9.17) is 10.8 Å². The third-order valence-electron chi connectivity index (χ3n) is 2.62. The molecule has 1 heterocycles. The quantitative estimate of drug-likeness (QED) is 0.650. The summed E-state index contributed by atoms with van der Waals surface area (Å²) >= 11 is 0. The highest BCUT2D eigenvalue weighted by Gasteiger charge is 2.35. The summed E-state index contributed by atoms with van der Waals surface area (Å²) in [6.07, 6.45) is 0.832. The molecule has 5 heteroatoms. The van der Waals surface area contributed by atoms with Crippen molar-refractivity contribution in [2.24, 2.45) is 11.7 Å². The maximum atomic E-state index is 11.5. The number of aliphatic carboxylic acids is 1. The largest absolute Gasteiger partial charge is 0.480 e. The fourth-order valence-electron chi connectivity index (χ4n) is 1.80. The Hall–Kier alpha value is -1.10. The van der Waals surface area contributed by atoms with Crippen molar-refractivity contribution in [2.75, 3.05) is 13.1 Å². The molecule has 80 valence electrons. The zero-order chi connectivity index (χ0) is 10.7. The molecule has 0 radical (unpaired) electrons. The number of hydrogen-bond acceptors (Lipinski definition) is 3. The van der Waals surface area contributed by atoms with E-state index in [1.54, 1.807) is 6.92 Å². The van der Waals surface area contributed by atoms with Gasteiger partial charge in [-0.05, 0) is 18.9 Å². The molecule has 0 aromatic carbocycles. The van der Waals surface area contributed by atoms with Crippen molar-refractivity contribution in [3.05, 3.63) is 0 Å². The number of likely N-dealkylation sites (tertiary alicyclic amines) is 1. The van der Waals surface area contributed by atoms with Crippen molar-refractivity contribution in [1.29, 1.82) is 0 Å². The molecule has 1 saturated heterocycles. The number of hydrogen-bond donors (Lipinski definition) is 2. The second-order valence-electron chi connectivity index (χ2n) is 3.61.